The Morgan fingerprint density at radius 2 is 1.74 bits per heavy atom. The molecule has 0 radical (unpaired) electrons. The summed E-state index contributed by atoms with van der Waals surface area (Å²) >= 11 is 1.41. The average Bonchev–Trinajstić information content (AvgIpc) is 3.24. The van der Waals surface area contributed by atoms with Crippen molar-refractivity contribution in [3.63, 3.8) is 0 Å². The maximum absolute atomic E-state index is 12.8. The highest BCUT2D eigenvalue weighted by Gasteiger charge is 2.30. The second-order valence-corrected chi connectivity index (χ2v) is 8.18. The lowest BCUT2D eigenvalue weighted by atomic mass is 10.2. The molecule has 10 heteroatoms. The monoisotopic (exact) mass is 486 g/mol. The molecule has 4 aromatic rings. The molecule has 0 unspecified atom stereocenters. The lowest BCUT2D eigenvalue weighted by molar-refractivity contribution is -0.137. The number of hydrogen-bond donors (Lipinski definition) is 1. The smallest absolute Gasteiger partial charge is 0.416 e. The van der Waals surface area contributed by atoms with Gasteiger partial charge in [0.2, 0.25) is 0 Å². The molecule has 0 saturated carbocycles. The number of fused-ring (bicyclic) bond motifs is 1. The Labute approximate surface area is 196 Å². The van der Waals surface area contributed by atoms with Crippen LogP contribution in [-0.2, 0) is 22.3 Å². The summed E-state index contributed by atoms with van der Waals surface area (Å²) in [4.78, 5) is 29.2. The molecule has 174 valence electrons. The molecule has 1 N–H and O–H groups in total. The van der Waals surface area contributed by atoms with Gasteiger partial charge < -0.3 is 14.8 Å². The summed E-state index contributed by atoms with van der Waals surface area (Å²) in [6.45, 7) is -0.541. The number of benzene rings is 3. The first-order valence-corrected chi connectivity index (χ1v) is 10.8. The maximum Gasteiger partial charge on any atom is 0.416 e. The highest BCUT2D eigenvalue weighted by molar-refractivity contribution is 7.18. The number of halogens is 3. The van der Waals surface area contributed by atoms with Crippen LogP contribution in [0.2, 0.25) is 0 Å². The van der Waals surface area contributed by atoms with E-state index in [1.54, 1.807) is 12.1 Å². The van der Waals surface area contributed by atoms with Gasteiger partial charge in [0.1, 0.15) is 22.9 Å². The molecule has 1 amide bonds. The van der Waals surface area contributed by atoms with Gasteiger partial charge in [-0.15, -0.1) is 11.3 Å². The number of para-hydroxylation sites is 2. The van der Waals surface area contributed by atoms with Crippen molar-refractivity contribution in [2.24, 2.45) is 0 Å². The summed E-state index contributed by atoms with van der Waals surface area (Å²) in [6, 6.07) is 18.0. The van der Waals surface area contributed by atoms with Crippen LogP contribution in [0.25, 0.3) is 10.2 Å². The van der Waals surface area contributed by atoms with Crippen LogP contribution in [0.4, 0.5) is 18.9 Å². The number of esters is 1. The number of hydrogen-bond acceptors (Lipinski definition) is 6. The number of alkyl halides is 3. The molecule has 0 aliphatic rings. The summed E-state index contributed by atoms with van der Waals surface area (Å²) in [6.07, 6.45) is -4.53. The van der Waals surface area contributed by atoms with E-state index in [-0.39, 0.29) is 23.6 Å². The van der Waals surface area contributed by atoms with Crippen LogP contribution in [0.5, 0.6) is 5.75 Å². The van der Waals surface area contributed by atoms with E-state index in [0.717, 1.165) is 22.3 Å². The van der Waals surface area contributed by atoms with Crippen LogP contribution in [-0.4, -0.2) is 23.5 Å². The normalized spacial score (nSPS) is 11.3. The van der Waals surface area contributed by atoms with E-state index in [1.807, 2.05) is 24.3 Å². The fourth-order valence-electron chi connectivity index (χ4n) is 3.06. The fraction of sp³-hybridized carbons (Fsp3) is 0.125. The van der Waals surface area contributed by atoms with Crippen molar-refractivity contribution in [2.75, 3.05) is 11.9 Å². The molecule has 3 aromatic carbocycles. The Kier molecular flexibility index (Phi) is 6.78. The third-order valence-corrected chi connectivity index (χ3v) is 5.61. The largest absolute Gasteiger partial charge is 0.483 e. The highest BCUT2D eigenvalue weighted by atomic mass is 32.1. The van der Waals surface area contributed by atoms with Crippen molar-refractivity contribution >= 4 is 39.1 Å². The van der Waals surface area contributed by atoms with Crippen molar-refractivity contribution in [2.45, 2.75) is 12.8 Å². The number of ether oxygens (including phenoxy) is 2. The number of rotatable bonds is 7. The van der Waals surface area contributed by atoms with Gasteiger partial charge >= 0.3 is 12.1 Å². The van der Waals surface area contributed by atoms with Gasteiger partial charge in [-0.1, -0.05) is 30.3 Å². The molecule has 4 rings (SSSR count). The zero-order valence-electron chi connectivity index (χ0n) is 17.5. The van der Waals surface area contributed by atoms with E-state index in [0.29, 0.717) is 5.01 Å². The first-order chi connectivity index (χ1) is 16.3. The van der Waals surface area contributed by atoms with Crippen LogP contribution >= 0.6 is 11.3 Å². The third-order valence-electron chi connectivity index (χ3n) is 4.60. The molecule has 0 fully saturated rings. The molecule has 0 aliphatic carbocycles. The van der Waals surface area contributed by atoms with Gasteiger partial charge in [-0.3, -0.25) is 4.79 Å². The minimum atomic E-state index is -4.53. The molecule has 1 aromatic heterocycles. The molecule has 0 atom stereocenters. The molecule has 6 nitrogen and oxygen atoms in total. The molecule has 0 bridgehead atoms. The van der Waals surface area contributed by atoms with E-state index >= 15 is 0 Å². The van der Waals surface area contributed by atoms with Crippen molar-refractivity contribution < 1.29 is 32.2 Å². The zero-order valence-corrected chi connectivity index (χ0v) is 18.3. The topological polar surface area (TPSA) is 77.5 Å². The minimum Gasteiger partial charge on any atom is -0.483 e. The fourth-order valence-corrected chi connectivity index (χ4v) is 3.94. The second-order valence-electron chi connectivity index (χ2n) is 7.06. The molecule has 0 aliphatic heterocycles. The summed E-state index contributed by atoms with van der Waals surface area (Å²) in [7, 11) is 0. The van der Waals surface area contributed by atoms with E-state index < -0.39 is 30.2 Å². The predicted molar refractivity (Wildman–Crippen MR) is 121 cm³/mol. The maximum atomic E-state index is 12.8. The summed E-state index contributed by atoms with van der Waals surface area (Å²) in [5.41, 5.74) is 0.0175. The SMILES string of the molecule is O=C(COc1ccccc1C(=O)OCc1nc2ccccc2s1)Nc1cccc(C(F)(F)F)c1. The Balaban J connectivity index is 1.36. The van der Waals surface area contributed by atoms with Gasteiger partial charge in [0.25, 0.3) is 5.91 Å². The van der Waals surface area contributed by atoms with Crippen LogP contribution in [0.1, 0.15) is 20.9 Å². The van der Waals surface area contributed by atoms with Gasteiger partial charge in [-0.05, 0) is 42.5 Å². The number of carbonyl (C=O) groups is 2. The first-order valence-electron chi connectivity index (χ1n) is 10.00. The Morgan fingerprint density at radius 1 is 0.971 bits per heavy atom. The lowest BCUT2D eigenvalue weighted by Crippen LogP contribution is -2.21. The minimum absolute atomic E-state index is 0.0213. The number of thiazole rings is 1. The number of aromatic nitrogens is 1. The Hall–Kier alpha value is -3.92. The Bertz CT molecular complexity index is 1300. The van der Waals surface area contributed by atoms with Gasteiger partial charge in [0, 0.05) is 5.69 Å². The number of nitrogens with one attached hydrogen (secondary N) is 1. The number of anilines is 1. The van der Waals surface area contributed by atoms with E-state index in [1.165, 1.54) is 35.6 Å². The standard InChI is InChI=1S/C24H17F3N2O4S/c25-24(26,27)15-6-5-7-16(12-15)28-21(30)13-32-19-10-3-1-8-17(19)23(31)33-14-22-29-18-9-2-4-11-20(18)34-22/h1-12H,13-14H2,(H,28,30). The van der Waals surface area contributed by atoms with Crippen LogP contribution in [0, 0.1) is 0 Å². The summed E-state index contributed by atoms with van der Waals surface area (Å²) in [5, 5.41) is 2.98. The molecular weight excluding hydrogens is 469 g/mol. The molecular formula is C24H17F3N2O4S. The lowest BCUT2D eigenvalue weighted by Gasteiger charge is -2.12. The van der Waals surface area contributed by atoms with Crippen molar-refractivity contribution in [1.29, 1.82) is 0 Å². The van der Waals surface area contributed by atoms with Crippen molar-refractivity contribution in [3.05, 3.63) is 88.9 Å². The summed E-state index contributed by atoms with van der Waals surface area (Å²) < 4.78 is 50.3. The highest BCUT2D eigenvalue weighted by Crippen LogP contribution is 2.30. The summed E-state index contributed by atoms with van der Waals surface area (Å²) in [5.74, 6) is -1.24. The van der Waals surface area contributed by atoms with E-state index in [9.17, 15) is 22.8 Å². The average molecular weight is 486 g/mol. The van der Waals surface area contributed by atoms with Crippen LogP contribution in [0.15, 0.2) is 72.8 Å². The van der Waals surface area contributed by atoms with Gasteiger partial charge in [0.05, 0.1) is 15.8 Å². The van der Waals surface area contributed by atoms with Crippen LogP contribution in [0.3, 0.4) is 0 Å². The quantitative estimate of drug-likeness (QED) is 0.340. The number of nitrogens with zero attached hydrogens (tertiary/aromatic N) is 1. The second kappa shape index (κ2) is 9.92. The van der Waals surface area contributed by atoms with Crippen molar-refractivity contribution in [1.82, 2.24) is 4.98 Å². The molecule has 34 heavy (non-hydrogen) atoms. The first kappa shape index (κ1) is 23.2. The van der Waals surface area contributed by atoms with Gasteiger partial charge in [-0.25, -0.2) is 9.78 Å². The predicted octanol–water partition coefficient (Wildman–Crippen LogP) is 5.69. The van der Waals surface area contributed by atoms with Crippen LogP contribution < -0.4 is 10.1 Å². The third kappa shape index (κ3) is 5.70. The van der Waals surface area contributed by atoms with E-state index in [4.69, 9.17) is 9.47 Å². The molecule has 0 saturated heterocycles. The number of amides is 1. The Morgan fingerprint density at radius 3 is 2.53 bits per heavy atom. The molecule has 1 heterocycles. The van der Waals surface area contributed by atoms with Gasteiger partial charge in [-0.2, -0.15) is 13.2 Å². The number of carbonyl (C=O) groups excluding carboxylic acids is 2. The van der Waals surface area contributed by atoms with Crippen molar-refractivity contribution in [3.8, 4) is 5.75 Å². The zero-order chi connectivity index (χ0) is 24.1. The molecule has 0 spiro atoms. The van der Waals surface area contributed by atoms with Gasteiger partial charge in [0.15, 0.2) is 6.61 Å². The van der Waals surface area contributed by atoms with E-state index in [2.05, 4.69) is 10.3 Å².